The second kappa shape index (κ2) is 5.35. The molecule has 0 saturated heterocycles. The van der Waals surface area contributed by atoms with Crippen LogP contribution in [0.15, 0.2) is 36.4 Å². The summed E-state index contributed by atoms with van der Waals surface area (Å²) < 4.78 is 7.03. The molecule has 0 fully saturated rings. The van der Waals surface area contributed by atoms with Crippen molar-refractivity contribution in [1.29, 1.82) is 0 Å². The van der Waals surface area contributed by atoms with Crippen LogP contribution in [-0.4, -0.2) is 20.9 Å². The molecule has 18 heavy (non-hydrogen) atoms. The number of carboxylic acids is 1. The predicted octanol–water partition coefficient (Wildman–Crippen LogP) is 1.63. The Hall–Kier alpha value is -2.30. The van der Waals surface area contributed by atoms with Gasteiger partial charge < -0.3 is 9.84 Å². The molecule has 5 nitrogen and oxygen atoms in total. The molecule has 0 bridgehead atoms. The molecule has 1 heterocycles. The summed E-state index contributed by atoms with van der Waals surface area (Å²) in [4.78, 5) is 10.6. The highest BCUT2D eigenvalue weighted by Gasteiger charge is 2.09. The Kier molecular flexibility index (Phi) is 3.62. The van der Waals surface area contributed by atoms with Crippen molar-refractivity contribution in [3.63, 3.8) is 0 Å². The molecule has 0 aliphatic rings. The lowest BCUT2D eigenvalue weighted by molar-refractivity contribution is -0.136. The molecule has 0 saturated carbocycles. The molecular weight excluding hydrogens is 232 g/mol. The highest BCUT2D eigenvalue weighted by Crippen LogP contribution is 2.13. The third-order valence-corrected chi connectivity index (χ3v) is 2.52. The SMILES string of the molecule is Cn1nc(OCc2ccccc2)cc1CC(=O)O. The van der Waals surface area contributed by atoms with Crippen molar-refractivity contribution in [3.05, 3.63) is 47.7 Å². The molecule has 0 unspecified atom stereocenters. The Bertz CT molecular complexity index is 534. The van der Waals surface area contributed by atoms with Crippen molar-refractivity contribution < 1.29 is 14.6 Å². The van der Waals surface area contributed by atoms with E-state index < -0.39 is 5.97 Å². The molecule has 2 aromatic rings. The first-order chi connectivity index (χ1) is 8.65. The third kappa shape index (κ3) is 3.10. The number of aromatic nitrogens is 2. The van der Waals surface area contributed by atoms with Crippen LogP contribution >= 0.6 is 0 Å². The molecule has 0 atom stereocenters. The Balaban J connectivity index is 2.00. The van der Waals surface area contributed by atoms with Crippen LogP contribution in [0.3, 0.4) is 0 Å². The average molecular weight is 246 g/mol. The Morgan fingerprint density at radius 2 is 2.11 bits per heavy atom. The molecule has 94 valence electrons. The minimum absolute atomic E-state index is 0.0573. The fourth-order valence-electron chi connectivity index (χ4n) is 1.60. The van der Waals surface area contributed by atoms with Crippen molar-refractivity contribution in [3.8, 4) is 5.88 Å². The van der Waals surface area contributed by atoms with Crippen molar-refractivity contribution >= 4 is 5.97 Å². The zero-order valence-corrected chi connectivity index (χ0v) is 10.0. The van der Waals surface area contributed by atoms with Crippen LogP contribution in [0.4, 0.5) is 0 Å². The summed E-state index contributed by atoms with van der Waals surface area (Å²) in [5.74, 6) is -0.440. The summed E-state index contributed by atoms with van der Waals surface area (Å²) in [5, 5.41) is 12.8. The molecule has 0 spiro atoms. The standard InChI is InChI=1S/C13H14N2O3/c1-15-11(8-13(16)17)7-12(14-15)18-9-10-5-3-2-4-6-10/h2-7H,8-9H2,1H3,(H,16,17). The van der Waals surface area contributed by atoms with Crippen LogP contribution < -0.4 is 4.74 Å². The summed E-state index contributed by atoms with van der Waals surface area (Å²) in [7, 11) is 1.70. The van der Waals surface area contributed by atoms with Crippen LogP contribution in [0.1, 0.15) is 11.3 Å². The number of aliphatic carboxylic acids is 1. The summed E-state index contributed by atoms with van der Waals surface area (Å²) in [6, 6.07) is 11.4. The normalized spacial score (nSPS) is 10.3. The first-order valence-corrected chi connectivity index (χ1v) is 5.56. The van der Waals surface area contributed by atoms with Gasteiger partial charge in [-0.2, -0.15) is 0 Å². The molecule has 1 N–H and O–H groups in total. The van der Waals surface area contributed by atoms with E-state index in [2.05, 4.69) is 5.10 Å². The quantitative estimate of drug-likeness (QED) is 0.870. The van der Waals surface area contributed by atoms with Gasteiger partial charge in [0.1, 0.15) is 6.61 Å². The average Bonchev–Trinajstić information content (AvgIpc) is 2.68. The molecule has 5 heteroatoms. The number of ether oxygens (including phenoxy) is 1. The largest absolute Gasteiger partial charge is 0.481 e. The van der Waals surface area contributed by atoms with Gasteiger partial charge in [-0.1, -0.05) is 30.3 Å². The summed E-state index contributed by atoms with van der Waals surface area (Å²) in [6.45, 7) is 0.421. The van der Waals surface area contributed by atoms with Gasteiger partial charge >= 0.3 is 5.97 Å². The first kappa shape index (κ1) is 12.2. The molecule has 1 aromatic carbocycles. The van der Waals surface area contributed by atoms with E-state index in [0.29, 0.717) is 18.2 Å². The van der Waals surface area contributed by atoms with Crippen LogP contribution in [0.5, 0.6) is 5.88 Å². The maximum Gasteiger partial charge on any atom is 0.309 e. The second-order valence-corrected chi connectivity index (χ2v) is 3.94. The van der Waals surface area contributed by atoms with Crippen molar-refractivity contribution in [1.82, 2.24) is 9.78 Å². The summed E-state index contributed by atoms with van der Waals surface area (Å²) in [5.41, 5.74) is 1.66. The van der Waals surface area contributed by atoms with Crippen LogP contribution in [0, 0.1) is 0 Å². The molecule has 0 aliphatic heterocycles. The highest BCUT2D eigenvalue weighted by molar-refractivity contribution is 5.69. The molecule has 0 radical (unpaired) electrons. The predicted molar refractivity (Wildman–Crippen MR) is 65.3 cm³/mol. The van der Waals surface area contributed by atoms with Gasteiger partial charge in [-0.05, 0) is 5.56 Å². The third-order valence-electron chi connectivity index (χ3n) is 2.52. The maximum atomic E-state index is 10.6. The van der Waals surface area contributed by atoms with Crippen molar-refractivity contribution in [2.75, 3.05) is 0 Å². The number of carboxylic acid groups (broad SMARTS) is 1. The van der Waals surface area contributed by atoms with Gasteiger partial charge in [0.2, 0.25) is 5.88 Å². The minimum Gasteiger partial charge on any atom is -0.481 e. The molecule has 0 amide bonds. The first-order valence-electron chi connectivity index (χ1n) is 5.56. The lowest BCUT2D eigenvalue weighted by Gasteiger charge is -2.01. The van der Waals surface area contributed by atoms with E-state index in [1.807, 2.05) is 30.3 Å². The minimum atomic E-state index is -0.882. The monoisotopic (exact) mass is 246 g/mol. The molecule has 0 aliphatic carbocycles. The fraction of sp³-hybridized carbons (Fsp3) is 0.231. The van der Waals surface area contributed by atoms with Crippen LogP contribution in [-0.2, 0) is 24.9 Å². The van der Waals surface area contributed by atoms with E-state index >= 15 is 0 Å². The van der Waals surface area contributed by atoms with Gasteiger partial charge in [-0.15, -0.1) is 5.10 Å². The lowest BCUT2D eigenvalue weighted by atomic mass is 10.2. The number of hydrogen-bond donors (Lipinski definition) is 1. The number of carbonyl (C=O) groups is 1. The zero-order valence-electron chi connectivity index (χ0n) is 10.0. The number of hydrogen-bond acceptors (Lipinski definition) is 3. The number of benzene rings is 1. The molecular formula is C13H14N2O3. The van der Waals surface area contributed by atoms with E-state index in [1.54, 1.807) is 13.1 Å². The Morgan fingerprint density at radius 1 is 1.39 bits per heavy atom. The Labute approximate surface area is 105 Å². The smallest absolute Gasteiger partial charge is 0.309 e. The highest BCUT2D eigenvalue weighted by atomic mass is 16.5. The van der Waals surface area contributed by atoms with Gasteiger partial charge in [0.05, 0.1) is 12.1 Å². The number of aryl methyl sites for hydroxylation is 1. The molecule has 2 rings (SSSR count). The van der Waals surface area contributed by atoms with E-state index in [4.69, 9.17) is 9.84 Å². The zero-order chi connectivity index (χ0) is 13.0. The van der Waals surface area contributed by atoms with Crippen molar-refractivity contribution in [2.24, 2.45) is 7.05 Å². The number of nitrogens with zero attached hydrogens (tertiary/aromatic N) is 2. The Morgan fingerprint density at radius 3 is 2.78 bits per heavy atom. The van der Waals surface area contributed by atoms with Gasteiger partial charge in [0.15, 0.2) is 0 Å². The van der Waals surface area contributed by atoms with Crippen LogP contribution in [0.2, 0.25) is 0 Å². The summed E-state index contributed by atoms with van der Waals surface area (Å²) >= 11 is 0. The summed E-state index contributed by atoms with van der Waals surface area (Å²) in [6.07, 6.45) is -0.0573. The molecule has 1 aromatic heterocycles. The maximum absolute atomic E-state index is 10.6. The van der Waals surface area contributed by atoms with E-state index in [9.17, 15) is 4.79 Å². The second-order valence-electron chi connectivity index (χ2n) is 3.94. The van der Waals surface area contributed by atoms with Gasteiger partial charge in [0, 0.05) is 13.1 Å². The van der Waals surface area contributed by atoms with E-state index in [-0.39, 0.29) is 6.42 Å². The van der Waals surface area contributed by atoms with Gasteiger partial charge in [-0.25, -0.2) is 0 Å². The van der Waals surface area contributed by atoms with Gasteiger partial charge in [0.25, 0.3) is 0 Å². The topological polar surface area (TPSA) is 64.4 Å². The van der Waals surface area contributed by atoms with Crippen molar-refractivity contribution in [2.45, 2.75) is 13.0 Å². The van der Waals surface area contributed by atoms with E-state index in [0.717, 1.165) is 5.56 Å². The lowest BCUT2D eigenvalue weighted by Crippen LogP contribution is -2.05. The van der Waals surface area contributed by atoms with Gasteiger partial charge in [-0.3, -0.25) is 9.48 Å². The van der Waals surface area contributed by atoms with E-state index in [1.165, 1.54) is 4.68 Å². The van der Waals surface area contributed by atoms with Crippen LogP contribution in [0.25, 0.3) is 0 Å². The number of rotatable bonds is 5. The fourth-order valence-corrected chi connectivity index (χ4v) is 1.60.